The topological polar surface area (TPSA) is 36.9 Å². The largest absolute Gasteiger partial charge is 0.510 e. The third-order valence-electron chi connectivity index (χ3n) is 2.07. The minimum absolute atomic E-state index is 0.144. The van der Waals surface area contributed by atoms with E-state index in [2.05, 4.69) is 0 Å². The van der Waals surface area contributed by atoms with E-state index < -0.39 is 5.79 Å². The summed E-state index contributed by atoms with van der Waals surface area (Å²) in [5.41, 5.74) is 0. The third-order valence-corrected chi connectivity index (χ3v) is 2.37. The van der Waals surface area contributed by atoms with Gasteiger partial charge < -0.3 is 0 Å². The predicted octanol–water partition coefficient (Wildman–Crippen LogP) is 1.09. The van der Waals surface area contributed by atoms with Crippen LogP contribution in [0.4, 0.5) is 0 Å². The third kappa shape index (κ3) is 1.62. The number of hydrogen-bond donors (Lipinski definition) is 0. The van der Waals surface area contributed by atoms with Crippen LogP contribution in [0.25, 0.3) is 0 Å². The van der Waals surface area contributed by atoms with Crippen LogP contribution in [-0.2, 0) is 18.9 Å². The van der Waals surface area contributed by atoms with Gasteiger partial charge in [-0.25, -0.2) is 18.9 Å². The lowest BCUT2D eigenvalue weighted by atomic mass is 9.94. The first-order valence-corrected chi connectivity index (χ1v) is 4.67. The molecule has 62 valence electrons. The Bertz CT molecular complexity index is 109. The van der Waals surface area contributed by atoms with Crippen LogP contribution in [0.1, 0.15) is 32.1 Å². The quantitative estimate of drug-likeness (QED) is 0.407. The minimum atomic E-state index is -0.580. The lowest BCUT2D eigenvalue weighted by molar-refractivity contribution is -0.509. The van der Waals surface area contributed by atoms with Crippen LogP contribution in [0.5, 0.6) is 0 Å². The molecule has 0 aromatic carbocycles. The summed E-state index contributed by atoms with van der Waals surface area (Å²) < 4.78 is 9.49. The van der Waals surface area contributed by atoms with E-state index >= 15 is 0 Å². The second kappa shape index (κ2) is 3.20. The molecule has 0 N–H and O–H groups in total. The van der Waals surface area contributed by atoms with Gasteiger partial charge in [-0.15, -0.1) is 0 Å². The smallest absolute Gasteiger partial charge is 0.241 e. The average molecular weight is 174 g/mol. The summed E-state index contributed by atoms with van der Waals surface area (Å²) in [6.45, 7) is 0. The Morgan fingerprint density at radius 2 is 1.55 bits per heavy atom. The van der Waals surface area contributed by atoms with E-state index in [1.165, 1.54) is 6.42 Å². The van der Waals surface area contributed by atoms with Crippen molar-refractivity contribution in [3.05, 3.63) is 0 Å². The van der Waals surface area contributed by atoms with E-state index in [1.807, 2.05) is 0 Å². The van der Waals surface area contributed by atoms with E-state index in [4.69, 9.17) is 18.9 Å². The van der Waals surface area contributed by atoms with Gasteiger partial charge in [-0.3, -0.25) is 0 Å². The summed E-state index contributed by atoms with van der Waals surface area (Å²) in [6, 6.07) is 0. The van der Waals surface area contributed by atoms with Crippen LogP contribution in [0, 0.1) is 0 Å². The zero-order chi connectivity index (χ0) is 7.57. The first-order chi connectivity index (χ1) is 5.41. The van der Waals surface area contributed by atoms with Gasteiger partial charge in [0.15, 0.2) is 0 Å². The Kier molecular flexibility index (Phi) is 2.24. The fourth-order valence-corrected chi connectivity index (χ4v) is 1.87. The fourth-order valence-electron chi connectivity index (χ4n) is 1.47. The van der Waals surface area contributed by atoms with Gasteiger partial charge >= 0.3 is 10.0 Å². The maximum Gasteiger partial charge on any atom is 0.510 e. The highest BCUT2D eigenvalue weighted by molar-refractivity contribution is 6.17. The molecule has 1 aliphatic carbocycles. The standard InChI is InChI=1S/C6H10O4Si/c1-2-4-6(5-3-1)7-9-11-10-8-6/h1-5H2. The van der Waals surface area contributed by atoms with Crippen LogP contribution in [0.2, 0.25) is 0 Å². The van der Waals surface area contributed by atoms with Crippen molar-refractivity contribution in [2.75, 3.05) is 0 Å². The van der Waals surface area contributed by atoms with E-state index in [0.717, 1.165) is 25.7 Å². The maximum atomic E-state index is 5.07. The summed E-state index contributed by atoms with van der Waals surface area (Å²) in [5.74, 6) is -0.580. The Morgan fingerprint density at radius 3 is 2.18 bits per heavy atom. The van der Waals surface area contributed by atoms with Crippen LogP contribution in [0.3, 0.4) is 0 Å². The van der Waals surface area contributed by atoms with E-state index in [9.17, 15) is 0 Å². The SMILES string of the molecule is C1CCC2(CC1)OO[Si]OO2. The van der Waals surface area contributed by atoms with Crippen LogP contribution in [0.15, 0.2) is 0 Å². The normalized spacial score (nSPS) is 30.5. The maximum absolute atomic E-state index is 5.07. The molecule has 0 amide bonds. The first kappa shape index (κ1) is 7.69. The molecule has 1 aliphatic heterocycles. The summed E-state index contributed by atoms with van der Waals surface area (Å²) in [5, 5.41) is 0. The van der Waals surface area contributed by atoms with Crippen molar-refractivity contribution in [1.29, 1.82) is 0 Å². The van der Waals surface area contributed by atoms with Crippen molar-refractivity contribution in [2.24, 2.45) is 0 Å². The number of hydrogen-bond acceptors (Lipinski definition) is 4. The summed E-state index contributed by atoms with van der Waals surface area (Å²) in [6.07, 6.45) is 5.23. The zero-order valence-corrected chi connectivity index (χ0v) is 7.17. The van der Waals surface area contributed by atoms with Crippen molar-refractivity contribution >= 4 is 10.0 Å². The molecule has 0 aromatic rings. The molecule has 0 atom stereocenters. The first-order valence-electron chi connectivity index (χ1n) is 3.86. The van der Waals surface area contributed by atoms with Gasteiger partial charge in [-0.05, 0) is 12.8 Å². The Hall–Kier alpha value is 0.0569. The lowest BCUT2D eigenvalue weighted by Crippen LogP contribution is -2.42. The van der Waals surface area contributed by atoms with Crippen LogP contribution < -0.4 is 0 Å². The molecule has 1 saturated carbocycles. The summed E-state index contributed by atoms with van der Waals surface area (Å²) >= 11 is 0. The highest BCUT2D eigenvalue weighted by Crippen LogP contribution is 2.34. The molecule has 4 nitrogen and oxygen atoms in total. The van der Waals surface area contributed by atoms with Gasteiger partial charge in [0.25, 0.3) is 0 Å². The molecule has 2 radical (unpaired) electrons. The molecule has 2 fully saturated rings. The molecule has 2 rings (SSSR count). The second-order valence-electron chi connectivity index (χ2n) is 2.89. The van der Waals surface area contributed by atoms with Crippen molar-refractivity contribution in [2.45, 2.75) is 37.9 Å². The highest BCUT2D eigenvalue weighted by atomic mass is 28.3. The second-order valence-corrected chi connectivity index (χ2v) is 3.39. The predicted molar refractivity (Wildman–Crippen MR) is 35.9 cm³/mol. The molecule has 0 unspecified atom stereocenters. The average Bonchev–Trinajstić information content (AvgIpc) is 2.07. The van der Waals surface area contributed by atoms with Gasteiger partial charge in [0, 0.05) is 12.8 Å². The minimum Gasteiger partial charge on any atom is -0.241 e. The Labute approximate surface area is 67.7 Å². The molecule has 11 heavy (non-hydrogen) atoms. The van der Waals surface area contributed by atoms with E-state index in [0.29, 0.717) is 0 Å². The van der Waals surface area contributed by atoms with Crippen molar-refractivity contribution in [3.63, 3.8) is 0 Å². The molecular weight excluding hydrogens is 164 g/mol. The molecular formula is C6H10O4Si. The van der Waals surface area contributed by atoms with Crippen molar-refractivity contribution < 1.29 is 18.9 Å². The van der Waals surface area contributed by atoms with E-state index in [1.54, 1.807) is 0 Å². The van der Waals surface area contributed by atoms with Gasteiger partial charge in [0.1, 0.15) is 0 Å². The van der Waals surface area contributed by atoms with Gasteiger partial charge in [-0.1, -0.05) is 6.42 Å². The Balaban J connectivity index is 1.94. The Morgan fingerprint density at radius 1 is 0.909 bits per heavy atom. The summed E-state index contributed by atoms with van der Waals surface area (Å²) in [4.78, 5) is 10.1. The number of rotatable bonds is 0. The van der Waals surface area contributed by atoms with Crippen molar-refractivity contribution in [3.8, 4) is 0 Å². The lowest BCUT2D eigenvalue weighted by Gasteiger charge is -2.35. The zero-order valence-electron chi connectivity index (χ0n) is 6.17. The fraction of sp³-hybridized carbons (Fsp3) is 1.00. The molecule has 1 heterocycles. The summed E-state index contributed by atoms with van der Waals surface area (Å²) in [7, 11) is -0.144. The van der Waals surface area contributed by atoms with Gasteiger partial charge in [-0.2, -0.15) is 0 Å². The van der Waals surface area contributed by atoms with Gasteiger partial charge in [0.05, 0.1) is 0 Å². The molecule has 2 aliphatic rings. The van der Waals surface area contributed by atoms with Crippen LogP contribution in [-0.4, -0.2) is 15.8 Å². The molecule has 1 spiro atoms. The highest BCUT2D eigenvalue weighted by Gasteiger charge is 2.39. The van der Waals surface area contributed by atoms with E-state index in [-0.39, 0.29) is 10.0 Å². The monoisotopic (exact) mass is 174 g/mol. The molecule has 1 saturated heterocycles. The van der Waals surface area contributed by atoms with Crippen molar-refractivity contribution in [1.82, 2.24) is 0 Å². The molecule has 0 bridgehead atoms. The van der Waals surface area contributed by atoms with Crippen LogP contribution >= 0.6 is 0 Å². The van der Waals surface area contributed by atoms with Gasteiger partial charge in [0.2, 0.25) is 5.79 Å². The molecule has 0 aromatic heterocycles. The molecule has 5 heteroatoms.